The Bertz CT molecular complexity index is 945. The molecule has 3 N–H and O–H groups in total. The molecule has 3 aliphatic carbocycles. The van der Waals surface area contributed by atoms with Crippen molar-refractivity contribution in [2.45, 2.75) is 51.0 Å². The molecule has 0 heterocycles. The van der Waals surface area contributed by atoms with Gasteiger partial charge in [0.2, 0.25) is 0 Å². The van der Waals surface area contributed by atoms with Crippen LogP contribution in [0.25, 0.3) is 5.57 Å². The Morgan fingerprint density at radius 1 is 1.00 bits per heavy atom. The third-order valence-corrected chi connectivity index (χ3v) is 7.94. The van der Waals surface area contributed by atoms with Gasteiger partial charge in [0.05, 0.1) is 5.60 Å². The minimum Gasteiger partial charge on any atom is -0.508 e. The molecule has 3 heteroatoms. The van der Waals surface area contributed by atoms with Crippen LogP contribution in [-0.4, -0.2) is 20.9 Å². The van der Waals surface area contributed by atoms with Crippen molar-refractivity contribution in [1.82, 2.24) is 0 Å². The summed E-state index contributed by atoms with van der Waals surface area (Å²) in [6.45, 7) is 2.28. The van der Waals surface area contributed by atoms with Crippen molar-refractivity contribution in [3.63, 3.8) is 0 Å². The fourth-order valence-corrected chi connectivity index (χ4v) is 6.31. The third kappa shape index (κ3) is 2.52. The van der Waals surface area contributed by atoms with E-state index in [1.807, 2.05) is 18.2 Å². The molecule has 3 nitrogen and oxygen atoms in total. The predicted octanol–water partition coefficient (Wildman–Crippen LogP) is 4.84. The quantitative estimate of drug-likeness (QED) is 0.703. The smallest absolute Gasteiger partial charge is 0.115 e. The maximum Gasteiger partial charge on any atom is 0.115 e. The minimum absolute atomic E-state index is 0.131. The van der Waals surface area contributed by atoms with Crippen molar-refractivity contribution < 1.29 is 15.3 Å². The first-order chi connectivity index (χ1) is 13.4. The van der Waals surface area contributed by atoms with Gasteiger partial charge in [-0.25, -0.2) is 0 Å². The summed E-state index contributed by atoms with van der Waals surface area (Å²) in [5.41, 5.74) is 4.21. The number of benzene rings is 2. The van der Waals surface area contributed by atoms with Gasteiger partial charge in [0, 0.05) is 11.8 Å². The molecule has 0 spiro atoms. The lowest BCUT2D eigenvalue weighted by Gasteiger charge is -2.50. The molecular formula is C25H28O3. The lowest BCUT2D eigenvalue weighted by atomic mass is 9.56. The SMILES string of the molecule is C[C@]12CC=C3c4ccc(O)cc4CC[C@H]3[C@@H]1CC[C@@]2(O)Cc1ccc(O)cc1. The van der Waals surface area contributed by atoms with Gasteiger partial charge < -0.3 is 15.3 Å². The number of hydrogen-bond donors (Lipinski definition) is 3. The van der Waals surface area contributed by atoms with Gasteiger partial charge in [-0.15, -0.1) is 0 Å². The summed E-state index contributed by atoms with van der Waals surface area (Å²) in [5, 5.41) is 31.2. The molecule has 0 radical (unpaired) electrons. The fourth-order valence-electron chi connectivity index (χ4n) is 6.31. The maximum atomic E-state index is 11.8. The molecule has 2 aromatic carbocycles. The fraction of sp³-hybridized carbons (Fsp3) is 0.440. The van der Waals surface area contributed by atoms with Gasteiger partial charge in [0.15, 0.2) is 0 Å². The second kappa shape index (κ2) is 6.12. The maximum absolute atomic E-state index is 11.8. The molecule has 2 aromatic rings. The summed E-state index contributed by atoms with van der Waals surface area (Å²) >= 11 is 0. The Balaban J connectivity index is 1.49. The number of fused-ring (bicyclic) bond motifs is 5. The van der Waals surface area contributed by atoms with Gasteiger partial charge in [-0.2, -0.15) is 0 Å². The van der Waals surface area contributed by atoms with Crippen LogP contribution < -0.4 is 0 Å². The minimum atomic E-state index is -0.716. The Morgan fingerprint density at radius 2 is 1.75 bits per heavy atom. The molecule has 0 aliphatic heterocycles. The highest BCUT2D eigenvalue weighted by molar-refractivity contribution is 5.74. The van der Waals surface area contributed by atoms with Crippen LogP contribution in [0.3, 0.4) is 0 Å². The monoisotopic (exact) mass is 376 g/mol. The van der Waals surface area contributed by atoms with Crippen LogP contribution in [-0.2, 0) is 12.8 Å². The predicted molar refractivity (Wildman–Crippen MR) is 110 cm³/mol. The van der Waals surface area contributed by atoms with Crippen LogP contribution in [0.5, 0.6) is 11.5 Å². The number of hydrogen-bond acceptors (Lipinski definition) is 3. The summed E-state index contributed by atoms with van der Waals surface area (Å²) in [6.07, 6.45) is 7.87. The van der Waals surface area contributed by atoms with Gasteiger partial charge in [0.25, 0.3) is 0 Å². The number of allylic oxidation sites excluding steroid dienone is 2. The Morgan fingerprint density at radius 3 is 2.54 bits per heavy atom. The van der Waals surface area contributed by atoms with E-state index in [4.69, 9.17) is 0 Å². The number of phenols is 2. The van der Waals surface area contributed by atoms with Crippen molar-refractivity contribution in [2.75, 3.05) is 0 Å². The topological polar surface area (TPSA) is 60.7 Å². The lowest BCUT2D eigenvalue weighted by Crippen LogP contribution is -2.49. The summed E-state index contributed by atoms with van der Waals surface area (Å²) in [6, 6.07) is 13.1. The molecule has 0 aromatic heterocycles. The van der Waals surface area contributed by atoms with E-state index in [0.717, 1.165) is 37.7 Å². The van der Waals surface area contributed by atoms with Crippen molar-refractivity contribution in [3.8, 4) is 11.5 Å². The Labute approximate surface area is 166 Å². The molecule has 5 rings (SSSR count). The highest BCUT2D eigenvalue weighted by atomic mass is 16.3. The second-order valence-electron chi connectivity index (χ2n) is 9.29. The molecule has 146 valence electrons. The van der Waals surface area contributed by atoms with E-state index in [-0.39, 0.29) is 11.2 Å². The van der Waals surface area contributed by atoms with Gasteiger partial charge in [-0.1, -0.05) is 31.2 Å². The van der Waals surface area contributed by atoms with Crippen LogP contribution in [0.4, 0.5) is 0 Å². The summed E-state index contributed by atoms with van der Waals surface area (Å²) < 4.78 is 0. The van der Waals surface area contributed by atoms with Crippen molar-refractivity contribution in [2.24, 2.45) is 17.3 Å². The first-order valence-electron chi connectivity index (χ1n) is 10.4. The number of rotatable bonds is 2. The number of aryl methyl sites for hydroxylation is 1. The van der Waals surface area contributed by atoms with E-state index >= 15 is 0 Å². The molecule has 3 aliphatic rings. The lowest BCUT2D eigenvalue weighted by molar-refractivity contribution is -0.0756. The molecule has 28 heavy (non-hydrogen) atoms. The van der Waals surface area contributed by atoms with Crippen LogP contribution in [0.1, 0.15) is 49.3 Å². The van der Waals surface area contributed by atoms with E-state index < -0.39 is 5.60 Å². The van der Waals surface area contributed by atoms with Gasteiger partial charge in [-0.05, 0) is 90.5 Å². The first-order valence-corrected chi connectivity index (χ1v) is 10.4. The standard InChI is InChI=1S/C25H28O3/c1-24-12-10-21-20-9-7-19(27)14-17(20)4-8-22(21)23(24)11-13-25(24,28)15-16-2-5-18(26)6-3-16/h2-3,5-7,9-10,14,22-23,26-28H,4,8,11-13,15H2,1H3/t22-,23+,24+,25-/m1/s1. The van der Waals surface area contributed by atoms with Crippen molar-refractivity contribution >= 4 is 5.57 Å². The molecule has 0 bridgehead atoms. The van der Waals surface area contributed by atoms with Gasteiger partial charge >= 0.3 is 0 Å². The van der Waals surface area contributed by atoms with Crippen LogP contribution in [0.2, 0.25) is 0 Å². The van der Waals surface area contributed by atoms with E-state index in [1.165, 1.54) is 16.7 Å². The molecular weight excluding hydrogens is 348 g/mol. The van der Waals surface area contributed by atoms with Gasteiger partial charge in [0.1, 0.15) is 11.5 Å². The zero-order valence-corrected chi connectivity index (χ0v) is 16.4. The highest BCUT2D eigenvalue weighted by Gasteiger charge is 2.59. The second-order valence-corrected chi connectivity index (χ2v) is 9.29. The molecule has 1 saturated carbocycles. The van der Waals surface area contributed by atoms with Crippen LogP contribution in [0, 0.1) is 17.3 Å². The summed E-state index contributed by atoms with van der Waals surface area (Å²) in [5.74, 6) is 1.59. The zero-order valence-electron chi connectivity index (χ0n) is 16.4. The van der Waals surface area contributed by atoms with E-state index in [9.17, 15) is 15.3 Å². The Kier molecular flexibility index (Phi) is 3.89. The van der Waals surface area contributed by atoms with Crippen molar-refractivity contribution in [3.05, 3.63) is 65.2 Å². The summed E-state index contributed by atoms with van der Waals surface area (Å²) in [4.78, 5) is 0. The number of aromatic hydroxyl groups is 2. The Hall–Kier alpha value is -2.26. The van der Waals surface area contributed by atoms with Crippen LogP contribution >= 0.6 is 0 Å². The average Bonchev–Trinajstić information content (AvgIpc) is 2.94. The average molecular weight is 376 g/mol. The third-order valence-electron chi connectivity index (χ3n) is 7.94. The molecule has 0 saturated heterocycles. The van der Waals surface area contributed by atoms with E-state index in [2.05, 4.69) is 19.1 Å². The van der Waals surface area contributed by atoms with Crippen molar-refractivity contribution in [1.29, 1.82) is 0 Å². The molecule has 0 amide bonds. The molecule has 4 atom stereocenters. The molecule has 0 unspecified atom stereocenters. The largest absolute Gasteiger partial charge is 0.508 e. The number of aliphatic hydroxyl groups is 1. The molecule has 1 fully saturated rings. The number of phenolic OH excluding ortho intramolecular Hbond substituents is 2. The zero-order chi connectivity index (χ0) is 19.5. The van der Waals surface area contributed by atoms with E-state index in [0.29, 0.717) is 24.0 Å². The van der Waals surface area contributed by atoms with Crippen LogP contribution in [0.15, 0.2) is 48.5 Å². The van der Waals surface area contributed by atoms with Gasteiger partial charge in [-0.3, -0.25) is 0 Å². The normalized spacial score (nSPS) is 33.6. The highest BCUT2D eigenvalue weighted by Crippen LogP contribution is 2.62. The van der Waals surface area contributed by atoms with E-state index in [1.54, 1.807) is 18.2 Å². The summed E-state index contributed by atoms with van der Waals surface area (Å²) in [7, 11) is 0. The first kappa shape index (κ1) is 17.8.